The molecule has 0 bridgehead atoms. The third kappa shape index (κ3) is 3.32. The first-order valence-corrected chi connectivity index (χ1v) is 11.1. The Morgan fingerprint density at radius 2 is 1.90 bits per heavy atom. The summed E-state index contributed by atoms with van der Waals surface area (Å²) in [4.78, 5) is 36.6. The Hall–Kier alpha value is -2.38. The highest BCUT2D eigenvalue weighted by Gasteiger charge is 2.27. The van der Waals surface area contributed by atoms with E-state index in [1.165, 1.54) is 11.1 Å². The van der Waals surface area contributed by atoms with E-state index in [0.717, 1.165) is 37.1 Å². The van der Waals surface area contributed by atoms with Crippen molar-refractivity contribution in [1.29, 1.82) is 0 Å². The van der Waals surface area contributed by atoms with Crippen molar-refractivity contribution in [2.45, 2.75) is 25.7 Å². The van der Waals surface area contributed by atoms with Gasteiger partial charge in [-0.1, -0.05) is 17.7 Å². The van der Waals surface area contributed by atoms with Crippen LogP contribution >= 0.6 is 22.9 Å². The van der Waals surface area contributed by atoms with E-state index in [0.29, 0.717) is 36.2 Å². The smallest absolute Gasteiger partial charge is 0.271 e. The van der Waals surface area contributed by atoms with Crippen molar-refractivity contribution in [1.82, 2.24) is 14.3 Å². The number of amides is 1. The van der Waals surface area contributed by atoms with Crippen molar-refractivity contribution in [2.75, 3.05) is 31.1 Å². The molecular formula is C21H21ClN4O2S. The number of rotatable bonds is 2. The highest BCUT2D eigenvalue weighted by atomic mass is 35.5. The third-order valence-electron chi connectivity index (χ3n) is 5.77. The first kappa shape index (κ1) is 18.6. The topological polar surface area (TPSA) is 57.9 Å². The highest BCUT2D eigenvalue weighted by molar-refractivity contribution is 7.17. The molecule has 3 aromatic rings. The summed E-state index contributed by atoms with van der Waals surface area (Å²) in [6.45, 7) is 2.54. The van der Waals surface area contributed by atoms with Crippen LogP contribution in [0.3, 0.4) is 0 Å². The average Bonchev–Trinajstić information content (AvgIpc) is 3.13. The van der Waals surface area contributed by atoms with Crippen molar-refractivity contribution in [2.24, 2.45) is 0 Å². The maximum Gasteiger partial charge on any atom is 0.271 e. The lowest BCUT2D eigenvalue weighted by Gasteiger charge is -2.36. The standard InChI is InChI=1S/C21H21ClN4O2S/c22-14-4-3-5-15(12-14)24-8-10-25(11-9-24)19(27)16-13-23-21-26(20(16)28)17-6-1-2-7-18(17)29-21/h3-5,12-13H,1-2,6-11H2. The number of fused-ring (bicyclic) bond motifs is 3. The molecule has 1 aliphatic heterocycles. The van der Waals surface area contributed by atoms with Crippen LogP contribution in [0, 0.1) is 0 Å². The number of carbonyl (C=O) groups excluding carboxylic acids is 1. The first-order valence-electron chi connectivity index (χ1n) is 9.94. The van der Waals surface area contributed by atoms with Gasteiger partial charge >= 0.3 is 0 Å². The minimum absolute atomic E-state index is 0.171. The van der Waals surface area contributed by atoms with Crippen LogP contribution in [0.2, 0.25) is 5.02 Å². The lowest BCUT2D eigenvalue weighted by atomic mass is 10.0. The minimum atomic E-state index is -0.225. The van der Waals surface area contributed by atoms with E-state index in [1.807, 2.05) is 24.3 Å². The molecule has 0 atom stereocenters. The lowest BCUT2D eigenvalue weighted by molar-refractivity contribution is 0.0744. The Labute approximate surface area is 177 Å². The Morgan fingerprint density at radius 3 is 2.69 bits per heavy atom. The molecule has 3 heterocycles. The Balaban J connectivity index is 1.38. The van der Waals surface area contributed by atoms with Crippen molar-refractivity contribution in [3.8, 4) is 0 Å². The highest BCUT2D eigenvalue weighted by Crippen LogP contribution is 2.28. The fourth-order valence-electron chi connectivity index (χ4n) is 4.23. The minimum Gasteiger partial charge on any atom is -0.368 e. The zero-order chi connectivity index (χ0) is 20.0. The molecule has 0 saturated carbocycles. The quantitative estimate of drug-likeness (QED) is 0.628. The molecule has 0 N–H and O–H groups in total. The van der Waals surface area contributed by atoms with Gasteiger partial charge < -0.3 is 9.80 Å². The number of nitrogens with zero attached hydrogens (tertiary/aromatic N) is 4. The summed E-state index contributed by atoms with van der Waals surface area (Å²) in [5.41, 5.74) is 2.05. The van der Waals surface area contributed by atoms with Gasteiger partial charge in [0.25, 0.3) is 11.5 Å². The predicted octanol–water partition coefficient (Wildman–Crippen LogP) is 3.25. The number of hydrogen-bond acceptors (Lipinski definition) is 5. The Bertz CT molecular complexity index is 1150. The first-order chi connectivity index (χ1) is 14.1. The van der Waals surface area contributed by atoms with E-state index in [4.69, 9.17) is 11.6 Å². The second kappa shape index (κ2) is 7.46. The monoisotopic (exact) mass is 428 g/mol. The number of carbonyl (C=O) groups is 1. The Morgan fingerprint density at radius 1 is 1.10 bits per heavy atom. The second-order valence-corrected chi connectivity index (χ2v) is 9.03. The molecule has 0 radical (unpaired) electrons. The number of aromatic nitrogens is 2. The second-order valence-electron chi connectivity index (χ2n) is 7.53. The fraction of sp³-hybridized carbons (Fsp3) is 0.381. The van der Waals surface area contributed by atoms with Gasteiger partial charge in [-0.05, 0) is 43.9 Å². The van der Waals surface area contributed by atoms with Crippen molar-refractivity contribution < 1.29 is 4.79 Å². The van der Waals surface area contributed by atoms with E-state index in [2.05, 4.69) is 9.88 Å². The van der Waals surface area contributed by atoms with Crippen molar-refractivity contribution in [3.63, 3.8) is 0 Å². The molecular weight excluding hydrogens is 408 g/mol. The van der Waals surface area contributed by atoms with Crippen molar-refractivity contribution >= 4 is 39.5 Å². The molecule has 1 amide bonds. The van der Waals surface area contributed by atoms with Gasteiger partial charge in [0.2, 0.25) is 0 Å². The van der Waals surface area contributed by atoms with Crippen molar-refractivity contribution in [3.05, 3.63) is 62.0 Å². The number of piperazine rings is 1. The normalized spacial score (nSPS) is 16.9. The SMILES string of the molecule is O=C(c1cnc2sc3c(n2c1=O)CCCC3)N1CCN(c2cccc(Cl)c2)CC1. The van der Waals surface area contributed by atoms with E-state index in [1.54, 1.807) is 20.6 Å². The molecule has 1 saturated heterocycles. The summed E-state index contributed by atoms with van der Waals surface area (Å²) in [5, 5.41) is 0.701. The van der Waals surface area contributed by atoms with E-state index in [-0.39, 0.29) is 17.0 Å². The zero-order valence-electron chi connectivity index (χ0n) is 15.9. The number of halogens is 1. The van der Waals surface area contributed by atoms with Crippen LogP contribution in [-0.2, 0) is 12.8 Å². The largest absolute Gasteiger partial charge is 0.368 e. The molecule has 150 valence electrons. The summed E-state index contributed by atoms with van der Waals surface area (Å²) in [7, 11) is 0. The average molecular weight is 429 g/mol. The molecule has 29 heavy (non-hydrogen) atoms. The zero-order valence-corrected chi connectivity index (χ0v) is 17.5. The molecule has 8 heteroatoms. The third-order valence-corrected chi connectivity index (χ3v) is 7.17. The lowest BCUT2D eigenvalue weighted by Crippen LogP contribution is -2.49. The number of benzene rings is 1. The molecule has 6 nitrogen and oxygen atoms in total. The number of anilines is 1. The molecule has 1 aromatic carbocycles. The van der Waals surface area contributed by atoms with Gasteiger partial charge in [0.15, 0.2) is 4.96 Å². The summed E-state index contributed by atoms with van der Waals surface area (Å²) >= 11 is 7.67. The molecule has 1 fully saturated rings. The predicted molar refractivity (Wildman–Crippen MR) is 116 cm³/mol. The molecule has 1 aliphatic carbocycles. The van der Waals surface area contributed by atoms with Gasteiger partial charge in [-0.2, -0.15) is 0 Å². The van der Waals surface area contributed by atoms with Crippen LogP contribution in [0.15, 0.2) is 35.3 Å². The van der Waals surface area contributed by atoms with E-state index >= 15 is 0 Å². The van der Waals surface area contributed by atoms with Crippen LogP contribution in [0.1, 0.15) is 33.8 Å². The van der Waals surface area contributed by atoms with Gasteiger partial charge in [-0.15, -0.1) is 11.3 Å². The number of thiazole rings is 1. The van der Waals surface area contributed by atoms with Gasteiger partial charge in [0.05, 0.1) is 0 Å². The summed E-state index contributed by atoms with van der Waals surface area (Å²) in [6, 6.07) is 7.74. The van der Waals surface area contributed by atoms with Gasteiger partial charge in [-0.25, -0.2) is 4.98 Å². The van der Waals surface area contributed by atoms with Crippen LogP contribution < -0.4 is 10.5 Å². The van der Waals surface area contributed by atoms with E-state index < -0.39 is 0 Å². The molecule has 0 spiro atoms. The van der Waals surface area contributed by atoms with Crippen LogP contribution in [0.25, 0.3) is 4.96 Å². The molecule has 5 rings (SSSR count). The van der Waals surface area contributed by atoms with Crippen LogP contribution in [-0.4, -0.2) is 46.4 Å². The van der Waals surface area contributed by atoms with Gasteiger partial charge in [-0.3, -0.25) is 14.0 Å². The van der Waals surface area contributed by atoms with Crippen LogP contribution in [0.4, 0.5) is 5.69 Å². The molecule has 0 unspecified atom stereocenters. The number of aryl methyl sites for hydroxylation is 2. The molecule has 2 aromatic heterocycles. The maximum absolute atomic E-state index is 13.1. The maximum atomic E-state index is 13.1. The summed E-state index contributed by atoms with van der Waals surface area (Å²) < 4.78 is 1.68. The number of hydrogen-bond donors (Lipinski definition) is 0. The van der Waals surface area contributed by atoms with Crippen LogP contribution in [0.5, 0.6) is 0 Å². The summed E-state index contributed by atoms with van der Waals surface area (Å²) in [6.07, 6.45) is 5.57. The fourth-order valence-corrected chi connectivity index (χ4v) is 5.58. The van der Waals surface area contributed by atoms with E-state index in [9.17, 15) is 9.59 Å². The Kier molecular flexibility index (Phi) is 4.80. The van der Waals surface area contributed by atoms with Gasteiger partial charge in [0.1, 0.15) is 5.56 Å². The summed E-state index contributed by atoms with van der Waals surface area (Å²) in [5.74, 6) is -0.224. The molecule has 2 aliphatic rings. The van der Waals surface area contributed by atoms with Gasteiger partial charge in [0, 0.05) is 53.7 Å².